The number of carbonyl (C=O) groups is 2. The van der Waals surface area contributed by atoms with Crippen molar-refractivity contribution in [3.05, 3.63) is 120 Å². The Balaban J connectivity index is 1.41. The number of hydrogen-bond donors (Lipinski definition) is 1. The lowest BCUT2D eigenvalue weighted by molar-refractivity contribution is -0.140. The second-order valence-electron chi connectivity index (χ2n) is 12.4. The number of anilines is 1. The van der Waals surface area contributed by atoms with Crippen molar-refractivity contribution in [3.63, 3.8) is 0 Å². The lowest BCUT2D eigenvalue weighted by Crippen LogP contribution is -2.54. The van der Waals surface area contributed by atoms with E-state index in [4.69, 9.17) is 9.47 Å². The van der Waals surface area contributed by atoms with Gasteiger partial charge >= 0.3 is 0 Å². The highest BCUT2D eigenvalue weighted by Crippen LogP contribution is 2.36. The zero-order valence-electron chi connectivity index (χ0n) is 27.1. The molecule has 0 bridgehead atoms. The van der Waals surface area contributed by atoms with E-state index in [0.717, 1.165) is 46.7 Å². The molecular weight excluding hydrogens is 627 g/mol. The van der Waals surface area contributed by atoms with Crippen LogP contribution in [0.15, 0.2) is 108 Å². The average molecular weight is 668 g/mol. The fraction of sp³-hybridized carbons (Fsp3) is 0.316. The lowest BCUT2D eigenvalue weighted by Gasteiger charge is -2.34. The molecule has 2 aliphatic rings. The summed E-state index contributed by atoms with van der Waals surface area (Å²) in [6.45, 7) is 2.26. The molecular formula is C38H41N3O6S. The first kappa shape index (κ1) is 33.1. The summed E-state index contributed by atoms with van der Waals surface area (Å²) in [7, 11) is -4.22. The minimum absolute atomic E-state index is 0.0396. The molecule has 1 heterocycles. The van der Waals surface area contributed by atoms with Gasteiger partial charge in [-0.3, -0.25) is 13.9 Å². The molecule has 1 aliphatic carbocycles. The molecule has 9 nitrogen and oxygen atoms in total. The van der Waals surface area contributed by atoms with Crippen LogP contribution in [0.1, 0.15) is 42.4 Å². The smallest absolute Gasteiger partial charge is 0.264 e. The molecule has 0 aromatic heterocycles. The SMILES string of the molecule is Cc1cccc(CN(C(=O)CN(c2ccc3c(c2)OCCO3)S(=O)(=O)c2ccccc2)[C@H](Cc2ccccc2)C(=O)NC2CCCC2)c1. The van der Waals surface area contributed by atoms with Crippen LogP contribution in [0.3, 0.4) is 0 Å². The first-order chi connectivity index (χ1) is 23.3. The van der Waals surface area contributed by atoms with E-state index in [-0.39, 0.29) is 35.5 Å². The van der Waals surface area contributed by atoms with Crippen LogP contribution in [0.2, 0.25) is 0 Å². The molecule has 6 rings (SSSR count). The number of benzene rings is 4. The predicted molar refractivity (Wildman–Crippen MR) is 184 cm³/mol. The Labute approximate surface area is 282 Å². The van der Waals surface area contributed by atoms with Crippen molar-refractivity contribution in [2.24, 2.45) is 0 Å². The number of hydrogen-bond acceptors (Lipinski definition) is 6. The number of aryl methyl sites for hydroxylation is 1. The van der Waals surface area contributed by atoms with Crippen molar-refractivity contribution in [2.75, 3.05) is 24.1 Å². The molecule has 4 aromatic rings. The Kier molecular flexibility index (Phi) is 10.3. The number of nitrogens with zero attached hydrogens (tertiary/aromatic N) is 2. The molecule has 1 atom stereocenters. The molecule has 0 spiro atoms. The van der Waals surface area contributed by atoms with Gasteiger partial charge in [-0.1, -0.05) is 91.2 Å². The standard InChI is InChI=1S/C38H41N3O6S/c1-28-11-10-14-30(23-28)26-40(34(24-29-12-4-2-5-13-29)38(43)39-31-15-8-9-16-31)37(42)27-41(48(44,45)33-17-6-3-7-18-33)32-19-20-35-36(25-32)47-22-21-46-35/h2-7,10-14,17-20,23,25,31,34H,8-9,15-16,21-22,24,26-27H2,1H3,(H,39,43)/t34-/m1/s1. The molecule has 1 aliphatic heterocycles. The maximum absolute atomic E-state index is 14.7. The highest BCUT2D eigenvalue weighted by Gasteiger charge is 2.36. The predicted octanol–water partition coefficient (Wildman–Crippen LogP) is 5.66. The summed E-state index contributed by atoms with van der Waals surface area (Å²) in [4.78, 5) is 30.5. The molecule has 1 saturated carbocycles. The summed E-state index contributed by atoms with van der Waals surface area (Å²) < 4.78 is 41.1. The van der Waals surface area contributed by atoms with Crippen molar-refractivity contribution in [3.8, 4) is 11.5 Å². The number of rotatable bonds is 12. The van der Waals surface area contributed by atoms with Crippen LogP contribution in [0.5, 0.6) is 11.5 Å². The van der Waals surface area contributed by atoms with Crippen LogP contribution in [0, 0.1) is 6.92 Å². The fourth-order valence-electron chi connectivity index (χ4n) is 6.36. The monoisotopic (exact) mass is 667 g/mol. The Bertz CT molecular complexity index is 1830. The van der Waals surface area contributed by atoms with Gasteiger partial charge in [0.1, 0.15) is 25.8 Å². The van der Waals surface area contributed by atoms with Gasteiger partial charge in [0.2, 0.25) is 11.8 Å². The fourth-order valence-corrected chi connectivity index (χ4v) is 7.79. The zero-order valence-corrected chi connectivity index (χ0v) is 27.9. The van der Waals surface area contributed by atoms with E-state index < -0.39 is 28.5 Å². The normalized spacial score (nSPS) is 15.0. The molecule has 1 N–H and O–H groups in total. The third-order valence-electron chi connectivity index (χ3n) is 8.83. The highest BCUT2D eigenvalue weighted by atomic mass is 32.2. The number of sulfonamides is 1. The lowest BCUT2D eigenvalue weighted by atomic mass is 10.0. The molecule has 0 saturated heterocycles. The second-order valence-corrected chi connectivity index (χ2v) is 14.2. The van der Waals surface area contributed by atoms with Gasteiger partial charge in [0, 0.05) is 25.1 Å². The van der Waals surface area contributed by atoms with Crippen molar-refractivity contribution in [2.45, 2.75) is 62.6 Å². The molecule has 0 unspecified atom stereocenters. The van der Waals surface area contributed by atoms with E-state index in [9.17, 15) is 18.0 Å². The largest absolute Gasteiger partial charge is 0.486 e. The van der Waals surface area contributed by atoms with Crippen LogP contribution in [-0.2, 0) is 32.6 Å². The summed E-state index contributed by atoms with van der Waals surface area (Å²) in [5.74, 6) is 0.145. The summed E-state index contributed by atoms with van der Waals surface area (Å²) in [5.41, 5.74) is 3.00. The summed E-state index contributed by atoms with van der Waals surface area (Å²) in [6, 6.07) is 29.4. The Morgan fingerprint density at radius 3 is 2.19 bits per heavy atom. The molecule has 4 aromatic carbocycles. The Hall–Kier alpha value is -4.83. The van der Waals surface area contributed by atoms with Crippen molar-refractivity contribution in [1.29, 1.82) is 0 Å². The number of fused-ring (bicyclic) bond motifs is 1. The van der Waals surface area contributed by atoms with Crippen LogP contribution in [0.4, 0.5) is 5.69 Å². The minimum atomic E-state index is -4.22. The number of carbonyl (C=O) groups excluding carboxylic acids is 2. The molecule has 48 heavy (non-hydrogen) atoms. The van der Waals surface area contributed by atoms with Gasteiger partial charge in [-0.15, -0.1) is 0 Å². The van der Waals surface area contributed by atoms with Gasteiger partial charge in [0.25, 0.3) is 10.0 Å². The average Bonchev–Trinajstić information content (AvgIpc) is 3.62. The Morgan fingerprint density at radius 1 is 0.812 bits per heavy atom. The van der Waals surface area contributed by atoms with Crippen LogP contribution >= 0.6 is 0 Å². The topological polar surface area (TPSA) is 105 Å². The first-order valence-electron chi connectivity index (χ1n) is 16.4. The Morgan fingerprint density at radius 2 is 1.48 bits per heavy atom. The number of ether oxygens (including phenoxy) is 2. The van der Waals surface area contributed by atoms with Crippen molar-refractivity contribution < 1.29 is 27.5 Å². The molecule has 2 amide bonds. The second kappa shape index (κ2) is 14.9. The molecule has 10 heteroatoms. The quantitative estimate of drug-likeness (QED) is 0.209. The third kappa shape index (κ3) is 7.82. The highest BCUT2D eigenvalue weighted by molar-refractivity contribution is 7.92. The first-order valence-corrected chi connectivity index (χ1v) is 17.9. The maximum Gasteiger partial charge on any atom is 0.264 e. The maximum atomic E-state index is 14.7. The molecule has 250 valence electrons. The van der Waals surface area contributed by atoms with Crippen LogP contribution in [0.25, 0.3) is 0 Å². The van der Waals surface area contributed by atoms with Gasteiger partial charge in [0.05, 0.1) is 10.6 Å². The minimum Gasteiger partial charge on any atom is -0.486 e. The van der Waals surface area contributed by atoms with Crippen LogP contribution < -0.4 is 19.1 Å². The van der Waals surface area contributed by atoms with Gasteiger partial charge in [-0.05, 0) is 55.2 Å². The van der Waals surface area contributed by atoms with Gasteiger partial charge < -0.3 is 19.7 Å². The number of amides is 2. The van der Waals surface area contributed by atoms with Crippen molar-refractivity contribution >= 4 is 27.5 Å². The summed E-state index contributed by atoms with van der Waals surface area (Å²) >= 11 is 0. The van der Waals surface area contributed by atoms with Crippen molar-refractivity contribution in [1.82, 2.24) is 10.2 Å². The van der Waals surface area contributed by atoms with E-state index >= 15 is 0 Å². The van der Waals surface area contributed by atoms with Gasteiger partial charge in [-0.25, -0.2) is 8.42 Å². The van der Waals surface area contributed by atoms with E-state index in [1.54, 1.807) is 36.4 Å². The molecule has 1 fully saturated rings. The van der Waals surface area contributed by atoms with Gasteiger partial charge in [-0.2, -0.15) is 0 Å². The number of nitrogens with one attached hydrogen (secondary N) is 1. The van der Waals surface area contributed by atoms with E-state index in [1.807, 2.05) is 61.5 Å². The van der Waals surface area contributed by atoms with E-state index in [1.165, 1.54) is 17.0 Å². The zero-order chi connectivity index (χ0) is 33.5. The van der Waals surface area contributed by atoms with Crippen LogP contribution in [-0.4, -0.2) is 57.0 Å². The van der Waals surface area contributed by atoms with Gasteiger partial charge in [0.15, 0.2) is 11.5 Å². The van der Waals surface area contributed by atoms with E-state index in [2.05, 4.69) is 5.32 Å². The molecule has 0 radical (unpaired) electrons. The third-order valence-corrected chi connectivity index (χ3v) is 10.6. The van der Waals surface area contributed by atoms with E-state index in [0.29, 0.717) is 24.7 Å². The summed E-state index contributed by atoms with van der Waals surface area (Å²) in [5, 5.41) is 3.21. The summed E-state index contributed by atoms with van der Waals surface area (Å²) in [6.07, 6.45) is 4.14.